The van der Waals surface area contributed by atoms with Gasteiger partial charge in [0.1, 0.15) is 5.75 Å². The first-order valence-corrected chi connectivity index (χ1v) is 12.6. The van der Waals surface area contributed by atoms with Crippen molar-refractivity contribution in [3.63, 3.8) is 0 Å². The fourth-order valence-corrected chi connectivity index (χ4v) is 4.70. The Morgan fingerprint density at radius 1 is 1.14 bits per heavy atom. The Labute approximate surface area is 221 Å². The molecule has 0 spiro atoms. The zero-order valence-corrected chi connectivity index (χ0v) is 22.1. The van der Waals surface area contributed by atoms with Gasteiger partial charge in [-0.2, -0.15) is 5.10 Å². The number of nitrogens with zero attached hydrogens (tertiary/aromatic N) is 5. The summed E-state index contributed by atoms with van der Waals surface area (Å²) in [5.74, 6) is 0.736. The fraction of sp³-hybridized carbons (Fsp3) is 0.286. The van der Waals surface area contributed by atoms with Gasteiger partial charge in [-0.1, -0.05) is 17.7 Å². The van der Waals surface area contributed by atoms with Crippen LogP contribution in [0.1, 0.15) is 47.8 Å². The molecule has 0 radical (unpaired) electrons. The van der Waals surface area contributed by atoms with E-state index in [9.17, 15) is 4.79 Å². The predicted octanol–water partition coefficient (Wildman–Crippen LogP) is 6.09. The summed E-state index contributed by atoms with van der Waals surface area (Å²) in [4.78, 5) is 23.9. The van der Waals surface area contributed by atoms with Gasteiger partial charge in [0, 0.05) is 36.1 Å². The highest BCUT2D eigenvalue weighted by atomic mass is 35.5. The minimum atomic E-state index is -0.116. The second kappa shape index (κ2) is 10.2. The molecule has 0 unspecified atom stereocenters. The molecule has 2 heterocycles. The van der Waals surface area contributed by atoms with Gasteiger partial charge in [-0.15, -0.1) is 0 Å². The molecular formula is C28H29ClN6O2. The minimum Gasteiger partial charge on any atom is -0.495 e. The molecule has 0 saturated heterocycles. The first kappa shape index (κ1) is 24.8. The molecule has 0 atom stereocenters. The average molecular weight is 517 g/mol. The van der Waals surface area contributed by atoms with Crippen LogP contribution in [0.3, 0.4) is 0 Å². The maximum absolute atomic E-state index is 13.3. The van der Waals surface area contributed by atoms with Crippen molar-refractivity contribution in [1.82, 2.24) is 19.7 Å². The normalized spacial score (nSPS) is 12.5. The van der Waals surface area contributed by atoms with Gasteiger partial charge in [0.2, 0.25) is 5.95 Å². The largest absolute Gasteiger partial charge is 0.495 e. The first-order valence-electron chi connectivity index (χ1n) is 12.3. The third-order valence-corrected chi connectivity index (χ3v) is 6.89. The zero-order chi connectivity index (χ0) is 26.1. The molecule has 0 bridgehead atoms. The third kappa shape index (κ3) is 5.02. The number of hydrogen-bond acceptors (Lipinski definition) is 6. The monoisotopic (exact) mass is 516 g/mol. The highest BCUT2D eigenvalue weighted by Crippen LogP contribution is 2.32. The van der Waals surface area contributed by atoms with Crippen molar-refractivity contribution >= 4 is 34.8 Å². The Bertz CT molecular complexity index is 1470. The Morgan fingerprint density at radius 3 is 2.70 bits per heavy atom. The van der Waals surface area contributed by atoms with Crippen LogP contribution >= 0.6 is 11.6 Å². The van der Waals surface area contributed by atoms with Crippen molar-refractivity contribution in [1.29, 1.82) is 0 Å². The van der Waals surface area contributed by atoms with Crippen LogP contribution in [0, 0.1) is 0 Å². The number of carbonyl (C=O) groups is 1. The van der Waals surface area contributed by atoms with Crippen molar-refractivity contribution < 1.29 is 9.53 Å². The SMILES string of the molecule is COc1cc(C(=O)N(C)c2ccc3c(c2)CCC3)ccc1Nc1ncc(Cl)c(-c2cnn(C(C)C)c2)n1. The van der Waals surface area contributed by atoms with Gasteiger partial charge in [-0.05, 0) is 74.6 Å². The topological polar surface area (TPSA) is 85.2 Å². The summed E-state index contributed by atoms with van der Waals surface area (Å²) in [7, 11) is 3.36. The number of benzene rings is 2. The van der Waals surface area contributed by atoms with Gasteiger partial charge in [-0.25, -0.2) is 9.97 Å². The predicted molar refractivity (Wildman–Crippen MR) is 146 cm³/mol. The Hall–Kier alpha value is -3.91. The molecule has 9 heteroatoms. The molecule has 0 fully saturated rings. The maximum Gasteiger partial charge on any atom is 0.258 e. The molecule has 0 saturated carbocycles. The number of halogens is 1. The van der Waals surface area contributed by atoms with Crippen molar-refractivity contribution in [2.24, 2.45) is 0 Å². The number of ether oxygens (including phenoxy) is 1. The minimum absolute atomic E-state index is 0.116. The van der Waals surface area contributed by atoms with E-state index >= 15 is 0 Å². The molecule has 2 aromatic carbocycles. The van der Waals surface area contributed by atoms with Gasteiger partial charge < -0.3 is 15.0 Å². The van der Waals surface area contributed by atoms with E-state index in [1.165, 1.54) is 17.5 Å². The lowest BCUT2D eigenvalue weighted by Crippen LogP contribution is -2.26. The van der Waals surface area contributed by atoms with E-state index in [-0.39, 0.29) is 11.9 Å². The molecule has 1 N–H and O–H groups in total. The van der Waals surface area contributed by atoms with E-state index in [0.717, 1.165) is 24.1 Å². The highest BCUT2D eigenvalue weighted by molar-refractivity contribution is 6.32. The van der Waals surface area contributed by atoms with Crippen molar-refractivity contribution in [3.05, 3.63) is 76.7 Å². The van der Waals surface area contributed by atoms with Crippen LogP contribution in [0.5, 0.6) is 5.75 Å². The summed E-state index contributed by atoms with van der Waals surface area (Å²) in [5.41, 5.74) is 6.11. The Balaban J connectivity index is 1.37. The lowest BCUT2D eigenvalue weighted by molar-refractivity contribution is 0.0992. The van der Waals surface area contributed by atoms with Crippen molar-refractivity contribution in [2.75, 3.05) is 24.4 Å². The molecule has 1 aliphatic rings. The van der Waals surface area contributed by atoms with Gasteiger partial charge in [0.05, 0.1) is 35.9 Å². The fourth-order valence-electron chi connectivity index (χ4n) is 4.50. The maximum atomic E-state index is 13.3. The van der Waals surface area contributed by atoms with Gasteiger partial charge >= 0.3 is 0 Å². The molecule has 5 rings (SSSR count). The molecule has 4 aromatic rings. The van der Waals surface area contributed by atoms with Crippen LogP contribution in [0.2, 0.25) is 5.02 Å². The second-order valence-electron chi connectivity index (χ2n) is 9.40. The first-order chi connectivity index (χ1) is 17.8. The molecule has 8 nitrogen and oxygen atoms in total. The summed E-state index contributed by atoms with van der Waals surface area (Å²) in [5, 5.41) is 7.99. The third-order valence-electron chi connectivity index (χ3n) is 6.62. The number of fused-ring (bicyclic) bond motifs is 1. The van der Waals surface area contributed by atoms with E-state index in [1.54, 1.807) is 49.7 Å². The van der Waals surface area contributed by atoms with E-state index < -0.39 is 0 Å². The number of nitrogens with one attached hydrogen (secondary N) is 1. The molecule has 2 aromatic heterocycles. The lowest BCUT2D eigenvalue weighted by Gasteiger charge is -2.19. The summed E-state index contributed by atoms with van der Waals surface area (Å²) in [6, 6.07) is 11.8. The van der Waals surface area contributed by atoms with Crippen LogP contribution < -0.4 is 15.0 Å². The quantitative estimate of drug-likeness (QED) is 0.320. The molecule has 37 heavy (non-hydrogen) atoms. The Kier molecular flexibility index (Phi) is 6.84. The van der Waals surface area contributed by atoms with Crippen LogP contribution in [-0.4, -0.2) is 39.8 Å². The number of aromatic nitrogens is 4. The average Bonchev–Trinajstić information content (AvgIpc) is 3.59. The molecule has 190 valence electrons. The summed E-state index contributed by atoms with van der Waals surface area (Å²) >= 11 is 6.39. The van der Waals surface area contributed by atoms with E-state index in [1.807, 2.05) is 16.9 Å². The molecule has 1 aliphatic carbocycles. The number of aryl methyl sites for hydroxylation is 2. The van der Waals surface area contributed by atoms with Gasteiger partial charge in [0.25, 0.3) is 5.91 Å². The van der Waals surface area contributed by atoms with Crippen LogP contribution in [-0.2, 0) is 12.8 Å². The Morgan fingerprint density at radius 2 is 1.95 bits per heavy atom. The van der Waals surface area contributed by atoms with E-state index in [0.29, 0.717) is 33.7 Å². The lowest BCUT2D eigenvalue weighted by atomic mass is 10.1. The smallest absolute Gasteiger partial charge is 0.258 e. The molecular weight excluding hydrogens is 488 g/mol. The zero-order valence-electron chi connectivity index (χ0n) is 21.3. The number of carbonyl (C=O) groups excluding carboxylic acids is 1. The van der Waals surface area contributed by atoms with E-state index in [2.05, 4.69) is 46.4 Å². The second-order valence-corrected chi connectivity index (χ2v) is 9.81. The van der Waals surface area contributed by atoms with Crippen molar-refractivity contribution in [2.45, 2.75) is 39.2 Å². The van der Waals surface area contributed by atoms with Crippen LogP contribution in [0.15, 0.2) is 55.0 Å². The number of methoxy groups -OCH3 is 1. The molecule has 1 amide bonds. The van der Waals surface area contributed by atoms with Crippen molar-refractivity contribution in [3.8, 4) is 17.0 Å². The number of amides is 1. The van der Waals surface area contributed by atoms with Gasteiger partial charge in [0.15, 0.2) is 0 Å². The number of rotatable bonds is 7. The number of hydrogen-bond donors (Lipinski definition) is 1. The number of anilines is 3. The summed E-state index contributed by atoms with van der Waals surface area (Å²) in [6.45, 7) is 4.10. The van der Waals surface area contributed by atoms with Crippen LogP contribution in [0.25, 0.3) is 11.3 Å². The highest BCUT2D eigenvalue weighted by Gasteiger charge is 2.19. The standard InChI is InChI=1S/C28H29ClN6O2/c1-17(2)35-16-21(14-31-35)26-23(29)15-30-28(33-26)32-24-11-9-20(13-25(24)37-4)27(36)34(3)22-10-8-18-6-5-7-19(18)12-22/h8-17H,5-7H2,1-4H3,(H,30,32,33). The van der Waals surface area contributed by atoms with Gasteiger partial charge in [-0.3, -0.25) is 9.48 Å². The molecule has 0 aliphatic heterocycles. The summed E-state index contributed by atoms with van der Waals surface area (Å²) in [6.07, 6.45) is 8.53. The van der Waals surface area contributed by atoms with Crippen LogP contribution in [0.4, 0.5) is 17.3 Å². The van der Waals surface area contributed by atoms with E-state index in [4.69, 9.17) is 16.3 Å². The summed E-state index contributed by atoms with van der Waals surface area (Å²) < 4.78 is 7.44.